The van der Waals surface area contributed by atoms with Crippen molar-refractivity contribution < 1.29 is 23.7 Å². The second-order valence-corrected chi connectivity index (χ2v) is 6.76. The molecule has 0 amide bonds. The molecule has 2 N–H and O–H groups in total. The van der Waals surface area contributed by atoms with Crippen LogP contribution in [0.1, 0.15) is 25.0 Å². The van der Waals surface area contributed by atoms with Crippen molar-refractivity contribution in [3.63, 3.8) is 0 Å². The molecule has 0 aliphatic carbocycles. The quantitative estimate of drug-likeness (QED) is 0.383. The maximum absolute atomic E-state index is 5.71. The van der Waals surface area contributed by atoms with Gasteiger partial charge >= 0.3 is 0 Å². The van der Waals surface area contributed by atoms with E-state index in [1.54, 1.807) is 28.4 Å². The Morgan fingerprint density at radius 1 is 0.812 bits per heavy atom. The van der Waals surface area contributed by atoms with Crippen LogP contribution < -0.4 is 34.3 Å². The minimum absolute atomic E-state index is 0.480. The van der Waals surface area contributed by atoms with E-state index in [1.807, 2.05) is 38.1 Å². The van der Waals surface area contributed by atoms with Gasteiger partial charge in [-0.3, -0.25) is 4.99 Å². The molecule has 0 aromatic heterocycles. The van der Waals surface area contributed by atoms with Gasteiger partial charge in [0.1, 0.15) is 17.2 Å². The predicted molar refractivity (Wildman–Crippen MR) is 127 cm³/mol. The number of rotatable bonds is 12. The SMILES string of the molecule is CCOc1ccc(CCNC(=NC)NCc2c(OC)cc(OC)cc2OC)cc1OCC. The third-order valence-corrected chi connectivity index (χ3v) is 4.79. The highest BCUT2D eigenvalue weighted by Gasteiger charge is 2.14. The molecule has 176 valence electrons. The van der Waals surface area contributed by atoms with Crippen molar-refractivity contribution in [2.45, 2.75) is 26.8 Å². The lowest BCUT2D eigenvalue weighted by molar-refractivity contribution is 0.287. The molecule has 8 heteroatoms. The lowest BCUT2D eigenvalue weighted by Crippen LogP contribution is -2.38. The van der Waals surface area contributed by atoms with Crippen molar-refractivity contribution >= 4 is 5.96 Å². The summed E-state index contributed by atoms with van der Waals surface area (Å²) in [6.07, 6.45) is 0.808. The summed E-state index contributed by atoms with van der Waals surface area (Å²) in [4.78, 5) is 4.31. The highest BCUT2D eigenvalue weighted by atomic mass is 16.5. The van der Waals surface area contributed by atoms with Crippen molar-refractivity contribution in [1.29, 1.82) is 0 Å². The maximum Gasteiger partial charge on any atom is 0.191 e. The Balaban J connectivity index is 1.98. The van der Waals surface area contributed by atoms with Crippen LogP contribution in [0.2, 0.25) is 0 Å². The number of benzene rings is 2. The van der Waals surface area contributed by atoms with E-state index >= 15 is 0 Å². The second-order valence-electron chi connectivity index (χ2n) is 6.76. The van der Waals surface area contributed by atoms with E-state index in [0.717, 1.165) is 29.0 Å². The van der Waals surface area contributed by atoms with Crippen LogP contribution in [-0.2, 0) is 13.0 Å². The fraction of sp³-hybridized carbons (Fsp3) is 0.458. The van der Waals surface area contributed by atoms with Gasteiger partial charge in [0.05, 0.1) is 46.7 Å². The molecule has 0 aliphatic heterocycles. The molecule has 0 aliphatic rings. The standard InChI is InChI=1S/C24H35N3O5/c1-7-31-20-10-9-17(13-23(20)32-8-2)11-12-26-24(25-3)27-16-19-21(29-5)14-18(28-4)15-22(19)30-6/h9-10,13-15H,7-8,11-12,16H2,1-6H3,(H2,25,26,27). The third kappa shape index (κ3) is 6.87. The normalized spacial score (nSPS) is 11.0. The number of guanidine groups is 1. The van der Waals surface area contributed by atoms with E-state index in [0.29, 0.717) is 49.5 Å². The summed E-state index contributed by atoms with van der Waals surface area (Å²) in [5.41, 5.74) is 2.03. The molecular formula is C24H35N3O5. The van der Waals surface area contributed by atoms with E-state index in [1.165, 1.54) is 0 Å². The first kappa shape index (κ1) is 25.0. The van der Waals surface area contributed by atoms with E-state index in [2.05, 4.69) is 21.7 Å². The van der Waals surface area contributed by atoms with Gasteiger partial charge in [-0.15, -0.1) is 0 Å². The predicted octanol–water partition coefficient (Wildman–Crippen LogP) is 3.42. The molecule has 2 aromatic rings. The zero-order chi connectivity index (χ0) is 23.3. The van der Waals surface area contributed by atoms with Crippen LogP contribution in [-0.4, -0.2) is 54.1 Å². The van der Waals surface area contributed by atoms with Gasteiger partial charge in [-0.25, -0.2) is 0 Å². The molecule has 0 bridgehead atoms. The third-order valence-electron chi connectivity index (χ3n) is 4.79. The number of methoxy groups -OCH3 is 3. The Labute approximate surface area is 190 Å². The van der Waals surface area contributed by atoms with E-state index in [4.69, 9.17) is 23.7 Å². The first-order chi connectivity index (χ1) is 15.6. The molecule has 0 unspecified atom stereocenters. The molecular weight excluding hydrogens is 410 g/mol. The zero-order valence-electron chi connectivity index (χ0n) is 19.9. The van der Waals surface area contributed by atoms with Gasteiger partial charge in [-0.2, -0.15) is 0 Å². The Morgan fingerprint density at radius 2 is 1.47 bits per heavy atom. The van der Waals surface area contributed by atoms with Crippen molar-refractivity contribution in [2.75, 3.05) is 48.1 Å². The van der Waals surface area contributed by atoms with Gasteiger partial charge in [0, 0.05) is 25.7 Å². The number of aliphatic imine (C=N–C) groups is 1. The lowest BCUT2D eigenvalue weighted by atomic mass is 10.1. The molecule has 0 radical (unpaired) electrons. The monoisotopic (exact) mass is 445 g/mol. The highest BCUT2D eigenvalue weighted by Crippen LogP contribution is 2.34. The number of nitrogens with one attached hydrogen (secondary N) is 2. The number of ether oxygens (including phenoxy) is 5. The molecule has 8 nitrogen and oxygen atoms in total. The summed E-state index contributed by atoms with van der Waals surface area (Å²) in [5.74, 6) is 4.26. The number of hydrogen-bond donors (Lipinski definition) is 2. The average Bonchev–Trinajstić information content (AvgIpc) is 2.82. The maximum atomic E-state index is 5.71. The Morgan fingerprint density at radius 3 is 2.03 bits per heavy atom. The van der Waals surface area contributed by atoms with Gasteiger partial charge in [0.15, 0.2) is 17.5 Å². The Hall–Kier alpha value is -3.29. The van der Waals surface area contributed by atoms with Gasteiger partial charge in [-0.05, 0) is 38.0 Å². The summed E-state index contributed by atoms with van der Waals surface area (Å²) in [7, 11) is 6.59. The van der Waals surface area contributed by atoms with Crippen LogP contribution in [0.25, 0.3) is 0 Å². The number of nitrogens with zero attached hydrogens (tertiary/aromatic N) is 1. The molecule has 32 heavy (non-hydrogen) atoms. The summed E-state index contributed by atoms with van der Waals surface area (Å²) in [6, 6.07) is 9.70. The topological polar surface area (TPSA) is 82.6 Å². The fourth-order valence-electron chi connectivity index (χ4n) is 3.22. The van der Waals surface area contributed by atoms with Crippen LogP contribution in [0.4, 0.5) is 0 Å². The van der Waals surface area contributed by atoms with Crippen LogP contribution in [0.3, 0.4) is 0 Å². The molecule has 0 fully saturated rings. The van der Waals surface area contributed by atoms with E-state index in [9.17, 15) is 0 Å². The van der Waals surface area contributed by atoms with E-state index < -0.39 is 0 Å². The van der Waals surface area contributed by atoms with Crippen LogP contribution in [0.15, 0.2) is 35.3 Å². The van der Waals surface area contributed by atoms with E-state index in [-0.39, 0.29) is 0 Å². The summed E-state index contributed by atoms with van der Waals surface area (Å²) < 4.78 is 27.7. The fourth-order valence-corrected chi connectivity index (χ4v) is 3.22. The molecule has 2 rings (SSSR count). The lowest BCUT2D eigenvalue weighted by Gasteiger charge is -2.17. The van der Waals surface area contributed by atoms with Gasteiger partial charge in [-0.1, -0.05) is 6.07 Å². The van der Waals surface area contributed by atoms with Gasteiger partial charge < -0.3 is 34.3 Å². The average molecular weight is 446 g/mol. The molecule has 0 atom stereocenters. The molecule has 0 saturated heterocycles. The highest BCUT2D eigenvalue weighted by molar-refractivity contribution is 5.79. The minimum atomic E-state index is 0.480. The zero-order valence-corrected chi connectivity index (χ0v) is 19.9. The summed E-state index contributed by atoms with van der Waals surface area (Å²) >= 11 is 0. The smallest absolute Gasteiger partial charge is 0.191 e. The van der Waals surface area contributed by atoms with Gasteiger partial charge in [0.25, 0.3) is 0 Å². The van der Waals surface area contributed by atoms with Gasteiger partial charge in [0.2, 0.25) is 0 Å². The largest absolute Gasteiger partial charge is 0.496 e. The first-order valence-electron chi connectivity index (χ1n) is 10.7. The molecule has 0 spiro atoms. The van der Waals surface area contributed by atoms with Crippen LogP contribution >= 0.6 is 0 Å². The minimum Gasteiger partial charge on any atom is -0.496 e. The van der Waals surface area contributed by atoms with Crippen molar-refractivity contribution in [3.8, 4) is 28.7 Å². The summed E-state index contributed by atoms with van der Waals surface area (Å²) in [6.45, 7) is 6.31. The number of hydrogen-bond acceptors (Lipinski definition) is 6. The second kappa shape index (κ2) is 13.2. The van der Waals surface area contributed by atoms with Crippen LogP contribution in [0, 0.1) is 0 Å². The molecule has 2 aromatic carbocycles. The van der Waals surface area contributed by atoms with Crippen molar-refractivity contribution in [2.24, 2.45) is 4.99 Å². The Bertz CT molecular complexity index is 861. The van der Waals surface area contributed by atoms with Crippen LogP contribution in [0.5, 0.6) is 28.7 Å². The first-order valence-corrected chi connectivity index (χ1v) is 10.7. The summed E-state index contributed by atoms with van der Waals surface area (Å²) in [5, 5.41) is 6.65. The van der Waals surface area contributed by atoms with Crippen molar-refractivity contribution in [3.05, 3.63) is 41.5 Å². The van der Waals surface area contributed by atoms with Crippen molar-refractivity contribution in [1.82, 2.24) is 10.6 Å². The molecule has 0 saturated carbocycles. The molecule has 0 heterocycles. The Kier molecular flexibility index (Phi) is 10.3.